The van der Waals surface area contributed by atoms with E-state index in [-0.39, 0.29) is 0 Å². The van der Waals surface area contributed by atoms with E-state index in [0.717, 1.165) is 12.0 Å². The van der Waals surface area contributed by atoms with Crippen molar-refractivity contribution in [2.24, 2.45) is 0 Å². The van der Waals surface area contributed by atoms with E-state index in [1.54, 1.807) is 14.2 Å². The highest BCUT2D eigenvalue weighted by Crippen LogP contribution is 2.35. The molecule has 0 atom stereocenters. The van der Waals surface area contributed by atoms with Gasteiger partial charge in [-0.25, -0.2) is 0 Å². The van der Waals surface area contributed by atoms with Crippen LogP contribution in [0.3, 0.4) is 0 Å². The minimum absolute atomic E-state index is 0.596. The van der Waals surface area contributed by atoms with Crippen molar-refractivity contribution in [1.82, 2.24) is 0 Å². The van der Waals surface area contributed by atoms with Gasteiger partial charge in [0, 0.05) is 0 Å². The van der Waals surface area contributed by atoms with Gasteiger partial charge in [0.1, 0.15) is 0 Å². The van der Waals surface area contributed by atoms with Crippen molar-refractivity contribution in [2.45, 2.75) is 13.3 Å². The van der Waals surface area contributed by atoms with Crippen LogP contribution in [0.5, 0.6) is 11.5 Å². The maximum absolute atomic E-state index is 5.99. The maximum Gasteiger partial charge on any atom is 0.179 e. The molecular formula is C10H13ClO2. The standard InChI is InChI=1S/C10H13ClO2/c1-4-7-5-8(11)10(13-3)9(6-7)12-2/h5-6H,4H2,1-3H3. The van der Waals surface area contributed by atoms with Crippen molar-refractivity contribution in [2.75, 3.05) is 14.2 Å². The minimum Gasteiger partial charge on any atom is -0.493 e. The lowest BCUT2D eigenvalue weighted by Crippen LogP contribution is -1.93. The Labute approximate surface area is 83.4 Å². The average molecular weight is 201 g/mol. The van der Waals surface area contributed by atoms with E-state index in [9.17, 15) is 0 Å². The Morgan fingerprint density at radius 3 is 2.38 bits per heavy atom. The number of hydrogen-bond acceptors (Lipinski definition) is 2. The molecular weight excluding hydrogens is 188 g/mol. The van der Waals surface area contributed by atoms with Gasteiger partial charge in [0.2, 0.25) is 0 Å². The number of aryl methyl sites for hydroxylation is 1. The summed E-state index contributed by atoms with van der Waals surface area (Å²) >= 11 is 5.99. The molecule has 1 aromatic carbocycles. The predicted molar refractivity (Wildman–Crippen MR) is 53.9 cm³/mol. The molecule has 0 unspecified atom stereocenters. The van der Waals surface area contributed by atoms with Crippen LogP contribution in [-0.2, 0) is 6.42 Å². The molecule has 0 fully saturated rings. The lowest BCUT2D eigenvalue weighted by atomic mass is 10.1. The van der Waals surface area contributed by atoms with Crippen molar-refractivity contribution < 1.29 is 9.47 Å². The van der Waals surface area contributed by atoms with Crippen LogP contribution < -0.4 is 9.47 Å². The zero-order valence-electron chi connectivity index (χ0n) is 8.06. The first kappa shape index (κ1) is 10.2. The van der Waals surface area contributed by atoms with Crippen LogP contribution in [0.1, 0.15) is 12.5 Å². The molecule has 0 bridgehead atoms. The smallest absolute Gasteiger partial charge is 0.179 e. The van der Waals surface area contributed by atoms with E-state index in [1.807, 2.05) is 12.1 Å². The molecule has 0 saturated carbocycles. The van der Waals surface area contributed by atoms with E-state index in [2.05, 4.69) is 6.92 Å². The Hall–Kier alpha value is -0.890. The molecule has 0 N–H and O–H groups in total. The first-order valence-corrected chi connectivity index (χ1v) is 4.51. The number of rotatable bonds is 3. The van der Waals surface area contributed by atoms with Crippen LogP contribution >= 0.6 is 11.6 Å². The van der Waals surface area contributed by atoms with E-state index in [4.69, 9.17) is 21.1 Å². The third kappa shape index (κ3) is 2.07. The number of methoxy groups -OCH3 is 2. The van der Waals surface area contributed by atoms with Gasteiger partial charge in [-0.1, -0.05) is 18.5 Å². The molecule has 0 amide bonds. The van der Waals surface area contributed by atoms with Crippen molar-refractivity contribution in [3.8, 4) is 11.5 Å². The second-order valence-electron chi connectivity index (χ2n) is 2.67. The van der Waals surface area contributed by atoms with Crippen LogP contribution in [-0.4, -0.2) is 14.2 Å². The molecule has 0 aromatic heterocycles. The number of hydrogen-bond donors (Lipinski definition) is 0. The quantitative estimate of drug-likeness (QED) is 0.747. The lowest BCUT2D eigenvalue weighted by Gasteiger charge is -2.10. The highest BCUT2D eigenvalue weighted by atomic mass is 35.5. The van der Waals surface area contributed by atoms with Gasteiger partial charge in [0.05, 0.1) is 19.2 Å². The van der Waals surface area contributed by atoms with Gasteiger partial charge >= 0.3 is 0 Å². The monoisotopic (exact) mass is 200 g/mol. The number of halogens is 1. The van der Waals surface area contributed by atoms with Gasteiger partial charge in [-0.15, -0.1) is 0 Å². The molecule has 2 nitrogen and oxygen atoms in total. The molecule has 0 aliphatic rings. The molecule has 72 valence electrons. The molecule has 1 aromatic rings. The van der Waals surface area contributed by atoms with Gasteiger partial charge in [0.15, 0.2) is 11.5 Å². The molecule has 0 heterocycles. The zero-order valence-corrected chi connectivity index (χ0v) is 8.81. The molecule has 0 spiro atoms. The molecule has 0 saturated heterocycles. The Morgan fingerprint density at radius 1 is 1.23 bits per heavy atom. The topological polar surface area (TPSA) is 18.5 Å². The highest BCUT2D eigenvalue weighted by Gasteiger charge is 2.09. The van der Waals surface area contributed by atoms with E-state index >= 15 is 0 Å². The Kier molecular flexibility index (Phi) is 3.43. The SMILES string of the molecule is CCc1cc(Cl)c(OC)c(OC)c1. The van der Waals surface area contributed by atoms with Gasteiger partial charge in [-0.05, 0) is 24.1 Å². The van der Waals surface area contributed by atoms with Crippen molar-refractivity contribution in [3.05, 3.63) is 22.7 Å². The third-order valence-electron chi connectivity index (χ3n) is 1.90. The minimum atomic E-state index is 0.596. The second-order valence-corrected chi connectivity index (χ2v) is 3.07. The molecule has 1 rings (SSSR count). The molecule has 13 heavy (non-hydrogen) atoms. The summed E-state index contributed by atoms with van der Waals surface area (Å²) in [4.78, 5) is 0. The van der Waals surface area contributed by atoms with Crippen molar-refractivity contribution in [1.29, 1.82) is 0 Å². The van der Waals surface area contributed by atoms with E-state index in [0.29, 0.717) is 16.5 Å². The fourth-order valence-corrected chi connectivity index (χ4v) is 1.49. The summed E-state index contributed by atoms with van der Waals surface area (Å²) in [5, 5.41) is 0.596. The van der Waals surface area contributed by atoms with Crippen molar-refractivity contribution >= 4 is 11.6 Å². The summed E-state index contributed by atoms with van der Waals surface area (Å²) in [6, 6.07) is 3.83. The Balaban J connectivity index is 3.20. The fourth-order valence-electron chi connectivity index (χ4n) is 1.18. The number of ether oxygens (including phenoxy) is 2. The molecule has 3 heteroatoms. The zero-order chi connectivity index (χ0) is 9.84. The lowest BCUT2D eigenvalue weighted by molar-refractivity contribution is 0.355. The average Bonchev–Trinajstić information content (AvgIpc) is 2.16. The molecule has 0 aliphatic carbocycles. The van der Waals surface area contributed by atoms with Crippen molar-refractivity contribution in [3.63, 3.8) is 0 Å². The van der Waals surface area contributed by atoms with E-state index in [1.165, 1.54) is 0 Å². The normalized spacial score (nSPS) is 9.85. The first-order chi connectivity index (χ1) is 6.22. The van der Waals surface area contributed by atoms with Crippen LogP contribution in [0, 0.1) is 0 Å². The van der Waals surface area contributed by atoms with Crippen LogP contribution in [0.25, 0.3) is 0 Å². The van der Waals surface area contributed by atoms with Gasteiger partial charge < -0.3 is 9.47 Å². The summed E-state index contributed by atoms with van der Waals surface area (Å²) in [6.07, 6.45) is 0.931. The summed E-state index contributed by atoms with van der Waals surface area (Å²) in [6.45, 7) is 2.07. The molecule has 0 aliphatic heterocycles. The Bertz CT molecular complexity index is 297. The second kappa shape index (κ2) is 4.38. The van der Waals surface area contributed by atoms with Gasteiger partial charge in [-0.3, -0.25) is 0 Å². The summed E-state index contributed by atoms with van der Waals surface area (Å²) in [5.41, 5.74) is 1.14. The summed E-state index contributed by atoms with van der Waals surface area (Å²) in [5.74, 6) is 1.29. The van der Waals surface area contributed by atoms with Crippen LogP contribution in [0.15, 0.2) is 12.1 Å². The summed E-state index contributed by atoms with van der Waals surface area (Å²) in [7, 11) is 3.18. The maximum atomic E-state index is 5.99. The molecule has 0 radical (unpaired) electrons. The predicted octanol–water partition coefficient (Wildman–Crippen LogP) is 2.92. The Morgan fingerprint density at radius 2 is 1.92 bits per heavy atom. The number of benzene rings is 1. The van der Waals surface area contributed by atoms with Gasteiger partial charge in [0.25, 0.3) is 0 Å². The fraction of sp³-hybridized carbons (Fsp3) is 0.400. The highest BCUT2D eigenvalue weighted by molar-refractivity contribution is 6.32. The van der Waals surface area contributed by atoms with Crippen LogP contribution in [0.4, 0.5) is 0 Å². The van der Waals surface area contributed by atoms with Gasteiger partial charge in [-0.2, -0.15) is 0 Å². The first-order valence-electron chi connectivity index (χ1n) is 4.13. The largest absolute Gasteiger partial charge is 0.493 e. The van der Waals surface area contributed by atoms with Crippen LogP contribution in [0.2, 0.25) is 5.02 Å². The third-order valence-corrected chi connectivity index (χ3v) is 2.18. The summed E-state index contributed by atoms with van der Waals surface area (Å²) < 4.78 is 10.3. The van der Waals surface area contributed by atoms with E-state index < -0.39 is 0 Å².